The van der Waals surface area contributed by atoms with E-state index in [0.29, 0.717) is 24.8 Å². The van der Waals surface area contributed by atoms with Crippen LogP contribution in [0.25, 0.3) is 0 Å². The molecule has 0 saturated heterocycles. The molecular formula is C8H14N2O2. The molecule has 0 aromatic carbocycles. The van der Waals surface area contributed by atoms with Gasteiger partial charge < -0.3 is 10.2 Å². The van der Waals surface area contributed by atoms with E-state index in [9.17, 15) is 4.79 Å². The maximum Gasteiger partial charge on any atom is 0.354 e. The van der Waals surface area contributed by atoms with Crippen LogP contribution in [-0.4, -0.2) is 24.3 Å². The van der Waals surface area contributed by atoms with E-state index < -0.39 is 0 Å². The van der Waals surface area contributed by atoms with Crippen molar-refractivity contribution in [1.82, 2.24) is 5.43 Å². The highest BCUT2D eigenvalue weighted by Crippen LogP contribution is 2.05. The lowest BCUT2D eigenvalue weighted by molar-refractivity contribution is -0.135. The summed E-state index contributed by atoms with van der Waals surface area (Å²) in [4.78, 5) is 11.1. The molecule has 1 aliphatic heterocycles. The summed E-state index contributed by atoms with van der Waals surface area (Å²) in [5, 5.41) is 3.92. The second-order valence-corrected chi connectivity index (χ2v) is 2.85. The van der Waals surface area contributed by atoms with Crippen molar-refractivity contribution in [3.8, 4) is 0 Å². The maximum absolute atomic E-state index is 11.1. The smallest absolute Gasteiger partial charge is 0.354 e. The van der Waals surface area contributed by atoms with Crippen LogP contribution in [-0.2, 0) is 9.53 Å². The number of nitrogens with zero attached hydrogens (tertiary/aromatic N) is 1. The number of ether oxygens (including phenoxy) is 1. The van der Waals surface area contributed by atoms with Crippen molar-refractivity contribution >= 4 is 11.7 Å². The molecule has 1 N–H and O–H groups in total. The summed E-state index contributed by atoms with van der Waals surface area (Å²) >= 11 is 0. The van der Waals surface area contributed by atoms with Gasteiger partial charge in [0, 0.05) is 12.5 Å². The zero-order chi connectivity index (χ0) is 8.97. The molecule has 12 heavy (non-hydrogen) atoms. The first-order valence-electron chi connectivity index (χ1n) is 4.23. The number of carbonyl (C=O) groups is 1. The molecule has 0 spiro atoms. The predicted molar refractivity (Wildman–Crippen MR) is 45.9 cm³/mol. The van der Waals surface area contributed by atoms with Crippen LogP contribution in [0.3, 0.4) is 0 Å². The summed E-state index contributed by atoms with van der Waals surface area (Å²) in [5.41, 5.74) is 3.37. The number of esters is 1. The van der Waals surface area contributed by atoms with Gasteiger partial charge in [0.15, 0.2) is 0 Å². The third-order valence-electron chi connectivity index (χ3n) is 1.75. The highest BCUT2D eigenvalue weighted by atomic mass is 16.5. The molecule has 4 nitrogen and oxygen atoms in total. The lowest BCUT2D eigenvalue weighted by atomic mass is 10.1. The van der Waals surface area contributed by atoms with Gasteiger partial charge in [0.05, 0.1) is 6.61 Å². The van der Waals surface area contributed by atoms with Crippen molar-refractivity contribution < 1.29 is 9.53 Å². The number of hydrazone groups is 1. The molecule has 0 aromatic heterocycles. The predicted octanol–water partition coefficient (Wildman–Crippen LogP) is 0.677. The van der Waals surface area contributed by atoms with E-state index in [1.165, 1.54) is 0 Å². The molecule has 1 atom stereocenters. The van der Waals surface area contributed by atoms with Crippen molar-refractivity contribution in [3.63, 3.8) is 0 Å². The highest BCUT2D eigenvalue weighted by molar-refractivity contribution is 6.36. The molecule has 0 amide bonds. The molecule has 0 unspecified atom stereocenters. The summed E-state index contributed by atoms with van der Waals surface area (Å²) in [6.45, 7) is 4.23. The van der Waals surface area contributed by atoms with Crippen molar-refractivity contribution in [1.29, 1.82) is 0 Å². The third kappa shape index (κ3) is 2.22. The molecule has 0 aromatic rings. The average Bonchev–Trinajstić information content (AvgIpc) is 2.06. The van der Waals surface area contributed by atoms with Gasteiger partial charge in [-0.25, -0.2) is 4.79 Å². The van der Waals surface area contributed by atoms with E-state index in [1.807, 2.05) is 6.92 Å². The number of carbonyl (C=O) groups excluding carboxylic acids is 1. The van der Waals surface area contributed by atoms with Gasteiger partial charge in [-0.3, -0.25) is 0 Å². The topological polar surface area (TPSA) is 50.7 Å². The van der Waals surface area contributed by atoms with Crippen molar-refractivity contribution in [3.05, 3.63) is 0 Å². The van der Waals surface area contributed by atoms with Crippen LogP contribution in [0.5, 0.6) is 0 Å². The van der Waals surface area contributed by atoms with Crippen LogP contribution in [0.2, 0.25) is 0 Å². The molecular weight excluding hydrogens is 156 g/mol. The van der Waals surface area contributed by atoms with Gasteiger partial charge in [-0.15, -0.1) is 0 Å². The lowest BCUT2D eigenvalue weighted by Crippen LogP contribution is -2.32. The summed E-state index contributed by atoms with van der Waals surface area (Å²) in [7, 11) is 0. The van der Waals surface area contributed by atoms with Crippen LogP contribution in [0.4, 0.5) is 0 Å². The van der Waals surface area contributed by atoms with Crippen LogP contribution in [0.1, 0.15) is 26.7 Å². The van der Waals surface area contributed by atoms with Crippen molar-refractivity contribution in [2.45, 2.75) is 32.7 Å². The fourth-order valence-corrected chi connectivity index (χ4v) is 1.02. The Morgan fingerprint density at radius 1 is 1.83 bits per heavy atom. The Kier molecular flexibility index (Phi) is 3.08. The van der Waals surface area contributed by atoms with Crippen LogP contribution >= 0.6 is 0 Å². The van der Waals surface area contributed by atoms with Gasteiger partial charge in [0.25, 0.3) is 0 Å². The summed E-state index contributed by atoms with van der Waals surface area (Å²) < 4.78 is 4.81. The standard InChI is InChI=1S/C8H14N2O2/c1-3-12-8(11)7-5-4-6(2)9-10-7/h6,9H,3-5H2,1-2H3/t6-/m0/s1. The Labute approximate surface area is 72.0 Å². The van der Waals surface area contributed by atoms with E-state index in [4.69, 9.17) is 4.74 Å². The molecule has 0 radical (unpaired) electrons. The minimum atomic E-state index is -0.295. The quantitative estimate of drug-likeness (QED) is 0.620. The molecule has 4 heteroatoms. The average molecular weight is 170 g/mol. The minimum Gasteiger partial charge on any atom is -0.461 e. The SMILES string of the molecule is CCOC(=O)C1=NN[C@@H](C)CC1. The van der Waals surface area contributed by atoms with E-state index in [1.54, 1.807) is 6.92 Å². The molecule has 0 bridgehead atoms. The van der Waals surface area contributed by atoms with Gasteiger partial charge in [-0.2, -0.15) is 5.10 Å². The molecule has 0 fully saturated rings. The second-order valence-electron chi connectivity index (χ2n) is 2.85. The van der Waals surface area contributed by atoms with Crippen molar-refractivity contribution in [2.24, 2.45) is 5.10 Å². The molecule has 68 valence electrons. The number of hydrogen-bond acceptors (Lipinski definition) is 4. The zero-order valence-electron chi connectivity index (χ0n) is 7.46. The van der Waals surface area contributed by atoms with Gasteiger partial charge in [0.1, 0.15) is 5.71 Å². The van der Waals surface area contributed by atoms with Crippen LogP contribution < -0.4 is 5.43 Å². The first-order chi connectivity index (χ1) is 5.74. The second kappa shape index (κ2) is 4.09. The molecule has 0 saturated carbocycles. The molecule has 1 heterocycles. The monoisotopic (exact) mass is 170 g/mol. The number of hydrogen-bond donors (Lipinski definition) is 1. The number of nitrogens with one attached hydrogen (secondary N) is 1. The van der Waals surface area contributed by atoms with Gasteiger partial charge in [-0.05, 0) is 20.3 Å². The Balaban J connectivity index is 2.47. The Hall–Kier alpha value is -1.06. The largest absolute Gasteiger partial charge is 0.461 e. The number of rotatable bonds is 2. The maximum atomic E-state index is 11.1. The summed E-state index contributed by atoms with van der Waals surface area (Å²) in [6, 6.07) is 0.364. The normalized spacial score (nSPS) is 22.5. The van der Waals surface area contributed by atoms with Crippen LogP contribution in [0, 0.1) is 0 Å². The molecule has 1 aliphatic rings. The van der Waals surface area contributed by atoms with E-state index in [0.717, 1.165) is 6.42 Å². The summed E-state index contributed by atoms with van der Waals surface area (Å²) in [6.07, 6.45) is 1.66. The Morgan fingerprint density at radius 2 is 2.58 bits per heavy atom. The van der Waals surface area contributed by atoms with Gasteiger partial charge in [-0.1, -0.05) is 0 Å². The fraction of sp³-hybridized carbons (Fsp3) is 0.750. The van der Waals surface area contributed by atoms with Crippen LogP contribution in [0.15, 0.2) is 5.10 Å². The summed E-state index contributed by atoms with van der Waals surface area (Å²) in [5.74, 6) is -0.295. The first-order valence-corrected chi connectivity index (χ1v) is 4.23. The highest BCUT2D eigenvalue weighted by Gasteiger charge is 2.17. The van der Waals surface area contributed by atoms with E-state index >= 15 is 0 Å². The molecule has 0 aliphatic carbocycles. The van der Waals surface area contributed by atoms with Crippen molar-refractivity contribution in [2.75, 3.05) is 6.61 Å². The minimum absolute atomic E-state index is 0.295. The van der Waals surface area contributed by atoms with E-state index in [-0.39, 0.29) is 5.97 Å². The van der Waals surface area contributed by atoms with Gasteiger partial charge >= 0.3 is 5.97 Å². The fourth-order valence-electron chi connectivity index (χ4n) is 1.02. The Morgan fingerprint density at radius 3 is 3.08 bits per heavy atom. The third-order valence-corrected chi connectivity index (χ3v) is 1.75. The lowest BCUT2D eigenvalue weighted by Gasteiger charge is -2.17. The first kappa shape index (κ1) is 9.03. The van der Waals surface area contributed by atoms with Gasteiger partial charge in [0.2, 0.25) is 0 Å². The Bertz CT molecular complexity index is 201. The zero-order valence-corrected chi connectivity index (χ0v) is 7.46. The van der Waals surface area contributed by atoms with E-state index in [2.05, 4.69) is 10.5 Å². The molecule has 1 rings (SSSR count).